The van der Waals surface area contributed by atoms with Gasteiger partial charge in [-0.15, -0.1) is 0 Å². The van der Waals surface area contributed by atoms with Gasteiger partial charge in [0.1, 0.15) is 5.75 Å². The van der Waals surface area contributed by atoms with Crippen molar-refractivity contribution in [3.8, 4) is 5.75 Å². The third-order valence-corrected chi connectivity index (χ3v) is 2.82. The summed E-state index contributed by atoms with van der Waals surface area (Å²) in [5.41, 5.74) is -0.210. The van der Waals surface area contributed by atoms with Crippen LogP contribution in [0.25, 0.3) is 0 Å². The van der Waals surface area contributed by atoms with E-state index in [1.165, 1.54) is 29.2 Å². The number of hydrogen-bond acceptors (Lipinski definition) is 3. The topological polar surface area (TPSA) is 58.6 Å². The monoisotopic (exact) mass is 328 g/mol. The number of benzene rings is 1. The second-order valence-electron chi connectivity index (χ2n) is 6.02. The zero-order chi connectivity index (χ0) is 17.6. The van der Waals surface area contributed by atoms with Gasteiger partial charge in [0.2, 0.25) is 5.91 Å². The first kappa shape index (κ1) is 18.9. The van der Waals surface area contributed by atoms with Crippen LogP contribution in [0, 0.1) is 0 Å². The zero-order valence-electron chi connectivity index (χ0n) is 13.7. The molecule has 0 fully saturated rings. The molecular weight excluding hydrogens is 306 g/mol. The van der Waals surface area contributed by atoms with Crippen LogP contribution in [0.4, 0.5) is 8.78 Å². The van der Waals surface area contributed by atoms with Crippen molar-refractivity contribution in [3.63, 3.8) is 0 Å². The van der Waals surface area contributed by atoms with E-state index in [4.69, 9.17) is 0 Å². The maximum atomic E-state index is 12.4. The predicted molar refractivity (Wildman–Crippen MR) is 82.5 cm³/mol. The largest absolute Gasteiger partial charge is 0.435 e. The Morgan fingerprint density at radius 2 is 1.96 bits per heavy atom. The lowest BCUT2D eigenvalue weighted by atomic mass is 10.1. The lowest BCUT2D eigenvalue weighted by molar-refractivity contribution is -0.123. The van der Waals surface area contributed by atoms with E-state index in [2.05, 4.69) is 10.1 Å². The molecule has 0 aliphatic rings. The van der Waals surface area contributed by atoms with Gasteiger partial charge in [0.15, 0.2) is 0 Å². The number of carbonyl (C=O) groups excluding carboxylic acids is 2. The Balaban J connectivity index is 2.82. The predicted octanol–water partition coefficient (Wildman–Crippen LogP) is 2.66. The van der Waals surface area contributed by atoms with Gasteiger partial charge in [-0.1, -0.05) is 6.07 Å². The Hall–Kier alpha value is -2.18. The van der Waals surface area contributed by atoms with Gasteiger partial charge >= 0.3 is 6.61 Å². The number of hydrogen-bond donors (Lipinski definition) is 1. The van der Waals surface area contributed by atoms with Gasteiger partial charge in [-0.3, -0.25) is 9.59 Å². The highest BCUT2D eigenvalue weighted by Gasteiger charge is 2.21. The summed E-state index contributed by atoms with van der Waals surface area (Å²) in [4.78, 5) is 25.7. The van der Waals surface area contributed by atoms with Gasteiger partial charge in [0.25, 0.3) is 5.91 Å². The Kier molecular flexibility index (Phi) is 6.48. The molecule has 0 saturated heterocycles. The smallest absolute Gasteiger partial charge is 0.387 e. The second kappa shape index (κ2) is 7.89. The Labute approximate surface area is 134 Å². The molecular formula is C16H22F2N2O3. The lowest BCUT2D eigenvalue weighted by Crippen LogP contribution is -2.47. The third-order valence-electron chi connectivity index (χ3n) is 2.82. The second-order valence-corrected chi connectivity index (χ2v) is 6.02. The number of amides is 2. The molecule has 1 rings (SSSR count). The summed E-state index contributed by atoms with van der Waals surface area (Å²) in [6.07, 6.45) is 0. The van der Waals surface area contributed by atoms with Gasteiger partial charge in [0.05, 0.1) is 6.54 Å². The summed E-state index contributed by atoms with van der Waals surface area (Å²) in [6, 6.07) is 5.52. The lowest BCUT2D eigenvalue weighted by Gasteiger charge is -2.25. The minimum absolute atomic E-state index is 0.0963. The zero-order valence-corrected chi connectivity index (χ0v) is 13.7. The highest BCUT2D eigenvalue weighted by molar-refractivity contribution is 5.96. The fourth-order valence-electron chi connectivity index (χ4n) is 1.95. The summed E-state index contributed by atoms with van der Waals surface area (Å²) in [5, 5.41) is 2.77. The molecule has 23 heavy (non-hydrogen) atoms. The standard InChI is InChI=1S/C16H22F2N2O3/c1-5-20(10-13(21)19-16(2,3)4)14(22)11-7-6-8-12(9-11)23-15(17)18/h6-9,15H,5,10H2,1-4H3,(H,19,21). The van der Waals surface area contributed by atoms with Crippen molar-refractivity contribution in [3.05, 3.63) is 29.8 Å². The summed E-state index contributed by atoms with van der Waals surface area (Å²) < 4.78 is 28.8. The minimum atomic E-state index is -2.96. The molecule has 0 atom stereocenters. The van der Waals surface area contributed by atoms with E-state index in [0.29, 0.717) is 6.54 Å². The molecule has 0 heterocycles. The van der Waals surface area contributed by atoms with Crippen LogP contribution in [0.2, 0.25) is 0 Å². The average molecular weight is 328 g/mol. The molecule has 128 valence electrons. The fraction of sp³-hybridized carbons (Fsp3) is 0.500. The van der Waals surface area contributed by atoms with Crippen LogP contribution in [0.15, 0.2) is 24.3 Å². The van der Waals surface area contributed by atoms with Crippen LogP contribution in [-0.4, -0.2) is 42.0 Å². The quantitative estimate of drug-likeness (QED) is 0.873. The SMILES string of the molecule is CCN(CC(=O)NC(C)(C)C)C(=O)c1cccc(OC(F)F)c1. The van der Waals surface area contributed by atoms with E-state index in [1.54, 1.807) is 6.92 Å². The van der Waals surface area contributed by atoms with Crippen LogP contribution in [0.5, 0.6) is 5.75 Å². The number of ether oxygens (including phenoxy) is 1. The van der Waals surface area contributed by atoms with Crippen molar-refractivity contribution in [2.75, 3.05) is 13.1 Å². The van der Waals surface area contributed by atoms with Crippen LogP contribution < -0.4 is 10.1 Å². The van der Waals surface area contributed by atoms with E-state index in [0.717, 1.165) is 0 Å². The number of nitrogens with one attached hydrogen (secondary N) is 1. The van der Waals surface area contributed by atoms with E-state index >= 15 is 0 Å². The summed E-state index contributed by atoms with van der Waals surface area (Å²) in [5.74, 6) is -0.801. The van der Waals surface area contributed by atoms with Crippen LogP contribution in [0.1, 0.15) is 38.1 Å². The molecule has 0 aliphatic heterocycles. The third kappa shape index (κ3) is 6.63. The van der Waals surface area contributed by atoms with E-state index < -0.39 is 18.1 Å². The molecule has 0 saturated carbocycles. The number of rotatable bonds is 6. The molecule has 7 heteroatoms. The minimum Gasteiger partial charge on any atom is -0.435 e. The van der Waals surface area contributed by atoms with Crippen molar-refractivity contribution in [2.24, 2.45) is 0 Å². The van der Waals surface area contributed by atoms with E-state index in [9.17, 15) is 18.4 Å². The van der Waals surface area contributed by atoms with Gasteiger partial charge in [-0.25, -0.2) is 0 Å². The summed E-state index contributed by atoms with van der Waals surface area (Å²) in [6.45, 7) is 4.52. The average Bonchev–Trinajstić information content (AvgIpc) is 2.41. The Morgan fingerprint density at radius 3 is 2.48 bits per heavy atom. The molecule has 0 unspecified atom stereocenters. The Bertz CT molecular complexity index is 557. The van der Waals surface area contributed by atoms with Crippen molar-refractivity contribution in [2.45, 2.75) is 39.8 Å². The summed E-state index contributed by atoms with van der Waals surface area (Å²) in [7, 11) is 0. The molecule has 2 amide bonds. The van der Waals surface area contributed by atoms with Crippen LogP contribution in [0.3, 0.4) is 0 Å². The van der Waals surface area contributed by atoms with Crippen LogP contribution >= 0.6 is 0 Å². The molecule has 0 aliphatic carbocycles. The summed E-state index contributed by atoms with van der Waals surface area (Å²) >= 11 is 0. The number of carbonyl (C=O) groups is 2. The van der Waals surface area contributed by atoms with E-state index in [-0.39, 0.29) is 23.8 Å². The van der Waals surface area contributed by atoms with Crippen molar-refractivity contribution < 1.29 is 23.1 Å². The first-order chi connectivity index (χ1) is 10.6. The normalized spacial score (nSPS) is 11.3. The van der Waals surface area contributed by atoms with E-state index in [1.807, 2.05) is 20.8 Å². The molecule has 1 N–H and O–H groups in total. The Morgan fingerprint density at radius 1 is 1.30 bits per heavy atom. The molecule has 5 nitrogen and oxygen atoms in total. The molecule has 0 aromatic heterocycles. The molecule has 0 bridgehead atoms. The maximum Gasteiger partial charge on any atom is 0.387 e. The fourth-order valence-corrected chi connectivity index (χ4v) is 1.95. The molecule has 1 aromatic carbocycles. The highest BCUT2D eigenvalue weighted by atomic mass is 19.3. The molecule has 0 radical (unpaired) electrons. The van der Waals surface area contributed by atoms with Gasteiger partial charge in [-0.05, 0) is 45.9 Å². The number of alkyl halides is 2. The van der Waals surface area contributed by atoms with Gasteiger partial charge in [0, 0.05) is 17.6 Å². The first-order valence-electron chi connectivity index (χ1n) is 7.27. The number of nitrogens with zero attached hydrogens (tertiary/aromatic N) is 1. The molecule has 0 spiro atoms. The number of halogens is 2. The van der Waals surface area contributed by atoms with Gasteiger partial charge < -0.3 is 15.0 Å². The van der Waals surface area contributed by atoms with Crippen molar-refractivity contribution in [1.82, 2.24) is 10.2 Å². The van der Waals surface area contributed by atoms with Gasteiger partial charge in [-0.2, -0.15) is 8.78 Å². The first-order valence-corrected chi connectivity index (χ1v) is 7.27. The van der Waals surface area contributed by atoms with Crippen molar-refractivity contribution >= 4 is 11.8 Å². The van der Waals surface area contributed by atoms with Crippen molar-refractivity contribution in [1.29, 1.82) is 0 Å². The maximum absolute atomic E-state index is 12.4. The molecule has 1 aromatic rings. The van der Waals surface area contributed by atoms with Crippen LogP contribution in [-0.2, 0) is 4.79 Å². The highest BCUT2D eigenvalue weighted by Crippen LogP contribution is 2.17. The number of likely N-dealkylation sites (N-methyl/N-ethyl adjacent to an activating group) is 1.